The van der Waals surface area contributed by atoms with E-state index < -0.39 is 0 Å². The van der Waals surface area contributed by atoms with Crippen molar-refractivity contribution in [3.05, 3.63) is 82.0 Å². The molecule has 0 radical (unpaired) electrons. The maximum atomic E-state index is 13.1. The number of aryl methyl sites for hydroxylation is 1. The van der Waals surface area contributed by atoms with Crippen molar-refractivity contribution in [3.8, 4) is 11.1 Å². The van der Waals surface area contributed by atoms with Gasteiger partial charge in [-0.15, -0.1) is 11.3 Å². The first-order valence-corrected chi connectivity index (χ1v) is 9.63. The molecule has 0 bridgehead atoms. The molecule has 126 valence electrons. The minimum Gasteiger partial charge on any atom is -0.331 e. The van der Waals surface area contributed by atoms with Crippen LogP contribution in [0.4, 0.5) is 0 Å². The Balaban J connectivity index is 1.72. The third-order valence-corrected chi connectivity index (χ3v) is 5.98. The maximum absolute atomic E-state index is 13.1. The van der Waals surface area contributed by atoms with E-state index >= 15 is 0 Å². The topological polar surface area (TPSA) is 20.3 Å². The first kappa shape index (κ1) is 16.1. The maximum Gasteiger partial charge on any atom is 0.264 e. The van der Waals surface area contributed by atoms with E-state index in [0.717, 1.165) is 29.8 Å². The summed E-state index contributed by atoms with van der Waals surface area (Å²) in [7, 11) is 0. The minimum atomic E-state index is 0.158. The number of carbonyl (C=O) groups is 1. The van der Waals surface area contributed by atoms with E-state index in [4.69, 9.17) is 0 Å². The Morgan fingerprint density at radius 2 is 1.80 bits per heavy atom. The fourth-order valence-corrected chi connectivity index (χ4v) is 4.60. The molecule has 1 fully saturated rings. The van der Waals surface area contributed by atoms with Crippen LogP contribution in [0, 0.1) is 6.92 Å². The summed E-state index contributed by atoms with van der Waals surface area (Å²) in [6.45, 7) is 2.86. The smallest absolute Gasteiger partial charge is 0.264 e. The van der Waals surface area contributed by atoms with Crippen LogP contribution >= 0.6 is 11.3 Å². The summed E-state index contributed by atoms with van der Waals surface area (Å²) in [4.78, 5) is 16.0. The second-order valence-corrected chi connectivity index (χ2v) is 7.46. The summed E-state index contributed by atoms with van der Waals surface area (Å²) in [5, 5.41) is 2.01. The Morgan fingerprint density at radius 1 is 1.04 bits per heavy atom. The highest BCUT2D eigenvalue weighted by atomic mass is 32.1. The largest absolute Gasteiger partial charge is 0.331 e. The number of thiophene rings is 1. The zero-order valence-corrected chi connectivity index (χ0v) is 15.1. The van der Waals surface area contributed by atoms with Crippen molar-refractivity contribution >= 4 is 17.2 Å². The molecule has 0 saturated carbocycles. The van der Waals surface area contributed by atoms with Gasteiger partial charge in [0.2, 0.25) is 0 Å². The number of rotatable bonds is 3. The standard InChI is InChI=1S/C22H21NOS/c1-16-13-15-25-21(16)22(24)23-14-7-12-20(23)19-11-6-5-10-18(19)17-8-3-2-4-9-17/h2-6,8-11,13,15,20H,7,12,14H2,1H3/t20-/m1/s1. The Bertz CT molecular complexity index is 884. The molecule has 3 heteroatoms. The lowest BCUT2D eigenvalue weighted by molar-refractivity contribution is 0.0740. The zero-order valence-electron chi connectivity index (χ0n) is 14.3. The molecule has 1 amide bonds. The molecule has 1 atom stereocenters. The van der Waals surface area contributed by atoms with Crippen molar-refractivity contribution in [1.29, 1.82) is 0 Å². The molecule has 0 N–H and O–H groups in total. The molecule has 0 unspecified atom stereocenters. The van der Waals surface area contributed by atoms with Gasteiger partial charge < -0.3 is 4.90 Å². The summed E-state index contributed by atoms with van der Waals surface area (Å²) in [6, 6.07) is 21.2. The first-order valence-electron chi connectivity index (χ1n) is 8.75. The predicted molar refractivity (Wildman–Crippen MR) is 104 cm³/mol. The number of likely N-dealkylation sites (tertiary alicyclic amines) is 1. The van der Waals surface area contributed by atoms with E-state index in [0.29, 0.717) is 0 Å². The van der Waals surface area contributed by atoms with Crippen LogP contribution in [-0.4, -0.2) is 17.4 Å². The van der Waals surface area contributed by atoms with Crippen molar-refractivity contribution in [2.75, 3.05) is 6.54 Å². The van der Waals surface area contributed by atoms with Gasteiger partial charge in [-0.2, -0.15) is 0 Å². The van der Waals surface area contributed by atoms with E-state index in [1.165, 1.54) is 16.7 Å². The normalized spacial score (nSPS) is 17.0. The van der Waals surface area contributed by atoms with Gasteiger partial charge in [-0.1, -0.05) is 54.6 Å². The van der Waals surface area contributed by atoms with Gasteiger partial charge in [0.15, 0.2) is 0 Å². The number of benzene rings is 2. The van der Waals surface area contributed by atoms with Crippen molar-refractivity contribution in [1.82, 2.24) is 4.90 Å². The van der Waals surface area contributed by atoms with Crippen LogP contribution in [0.2, 0.25) is 0 Å². The van der Waals surface area contributed by atoms with Gasteiger partial charge in [-0.3, -0.25) is 4.79 Å². The summed E-state index contributed by atoms with van der Waals surface area (Å²) in [6.07, 6.45) is 2.09. The van der Waals surface area contributed by atoms with Crippen molar-refractivity contribution in [2.24, 2.45) is 0 Å². The average molecular weight is 347 g/mol. The highest BCUT2D eigenvalue weighted by Crippen LogP contribution is 2.39. The van der Waals surface area contributed by atoms with E-state index in [-0.39, 0.29) is 11.9 Å². The summed E-state index contributed by atoms with van der Waals surface area (Å²) in [5.74, 6) is 0.179. The van der Waals surface area contributed by atoms with E-state index in [2.05, 4.69) is 53.4 Å². The van der Waals surface area contributed by atoms with E-state index in [9.17, 15) is 4.79 Å². The number of nitrogens with zero attached hydrogens (tertiary/aromatic N) is 1. The van der Waals surface area contributed by atoms with E-state index in [1.54, 1.807) is 11.3 Å². The molecule has 25 heavy (non-hydrogen) atoms. The molecule has 4 rings (SSSR count). The average Bonchev–Trinajstić information content (AvgIpc) is 3.31. The molecule has 0 spiro atoms. The van der Waals surface area contributed by atoms with Crippen molar-refractivity contribution in [3.63, 3.8) is 0 Å². The van der Waals surface area contributed by atoms with Crippen molar-refractivity contribution in [2.45, 2.75) is 25.8 Å². The summed E-state index contributed by atoms with van der Waals surface area (Å²) < 4.78 is 0. The second kappa shape index (κ2) is 6.85. The monoisotopic (exact) mass is 347 g/mol. The molecule has 1 aromatic heterocycles. The lowest BCUT2D eigenvalue weighted by Gasteiger charge is -2.27. The quantitative estimate of drug-likeness (QED) is 0.595. The van der Waals surface area contributed by atoms with Gasteiger partial charge in [0.1, 0.15) is 0 Å². The summed E-state index contributed by atoms with van der Waals surface area (Å²) in [5.41, 5.74) is 4.78. The summed E-state index contributed by atoms with van der Waals surface area (Å²) >= 11 is 1.55. The Labute approximate surface area is 152 Å². The number of amides is 1. The van der Waals surface area contributed by atoms with Crippen LogP contribution in [0.15, 0.2) is 66.0 Å². The van der Waals surface area contributed by atoms with Gasteiger partial charge in [0.05, 0.1) is 10.9 Å². The second-order valence-electron chi connectivity index (χ2n) is 6.54. The van der Waals surface area contributed by atoms with Crippen LogP contribution in [0.5, 0.6) is 0 Å². The highest BCUT2D eigenvalue weighted by molar-refractivity contribution is 7.12. The van der Waals surface area contributed by atoms with Gasteiger partial charge in [0, 0.05) is 6.54 Å². The number of carbonyl (C=O) groups excluding carboxylic acids is 1. The Kier molecular flexibility index (Phi) is 4.41. The predicted octanol–water partition coefficient (Wildman–Crippen LogP) is 5.70. The fraction of sp³-hybridized carbons (Fsp3) is 0.227. The molecular formula is C22H21NOS. The highest BCUT2D eigenvalue weighted by Gasteiger charge is 2.32. The third kappa shape index (κ3) is 3.00. The van der Waals surface area contributed by atoms with Crippen LogP contribution in [-0.2, 0) is 0 Å². The molecule has 1 saturated heterocycles. The van der Waals surface area contributed by atoms with Crippen LogP contribution in [0.25, 0.3) is 11.1 Å². The molecule has 1 aliphatic rings. The van der Waals surface area contributed by atoms with Crippen LogP contribution in [0.3, 0.4) is 0 Å². The lowest BCUT2D eigenvalue weighted by atomic mass is 9.93. The third-order valence-electron chi connectivity index (χ3n) is 4.97. The SMILES string of the molecule is Cc1ccsc1C(=O)N1CCC[C@@H]1c1ccccc1-c1ccccc1. The fourth-order valence-electron chi connectivity index (χ4n) is 3.72. The molecule has 2 heterocycles. The first-order chi connectivity index (χ1) is 12.3. The molecular weight excluding hydrogens is 326 g/mol. The molecule has 3 aromatic rings. The van der Waals surface area contributed by atoms with Crippen LogP contribution in [0.1, 0.15) is 39.7 Å². The van der Waals surface area contributed by atoms with Gasteiger partial charge in [-0.25, -0.2) is 0 Å². The van der Waals surface area contributed by atoms with Gasteiger partial charge in [0.25, 0.3) is 5.91 Å². The molecule has 1 aliphatic heterocycles. The molecule has 2 nitrogen and oxygen atoms in total. The number of hydrogen-bond donors (Lipinski definition) is 0. The zero-order chi connectivity index (χ0) is 17.2. The van der Waals surface area contributed by atoms with Crippen molar-refractivity contribution < 1.29 is 4.79 Å². The number of hydrogen-bond acceptors (Lipinski definition) is 2. The minimum absolute atomic E-state index is 0.158. The molecule has 2 aromatic carbocycles. The van der Waals surface area contributed by atoms with Crippen LogP contribution < -0.4 is 0 Å². The Morgan fingerprint density at radius 3 is 2.56 bits per heavy atom. The molecule has 0 aliphatic carbocycles. The van der Waals surface area contributed by atoms with Gasteiger partial charge >= 0.3 is 0 Å². The van der Waals surface area contributed by atoms with Gasteiger partial charge in [-0.05, 0) is 53.5 Å². The Hall–Kier alpha value is -2.39. The lowest BCUT2D eigenvalue weighted by Crippen LogP contribution is -2.30. The van der Waals surface area contributed by atoms with E-state index in [1.807, 2.05) is 24.4 Å².